The topological polar surface area (TPSA) is 78.9 Å². The summed E-state index contributed by atoms with van der Waals surface area (Å²) in [6.45, 7) is 1.62. The van der Waals surface area contributed by atoms with Crippen molar-refractivity contribution in [2.24, 2.45) is 0 Å². The van der Waals surface area contributed by atoms with Crippen LogP contribution < -0.4 is 4.74 Å². The van der Waals surface area contributed by atoms with Crippen LogP contribution in [-0.4, -0.2) is 30.6 Å². The molecule has 0 N–H and O–H groups in total. The van der Waals surface area contributed by atoms with Crippen LogP contribution in [-0.2, 0) is 19.1 Å². The Morgan fingerprint density at radius 1 is 1.00 bits per heavy atom. The summed E-state index contributed by atoms with van der Waals surface area (Å²) in [6.07, 6.45) is -0.432. The molecule has 0 radical (unpaired) electrons. The SMILES string of the molecule is CC(=O)Oc1ccc(-c2ccc(C(=O)O[C@@H]3CCOC3=O)cc2)cc1. The van der Waals surface area contributed by atoms with Crippen LogP contribution >= 0.6 is 0 Å². The Labute approximate surface area is 144 Å². The zero-order valence-electron chi connectivity index (χ0n) is 13.6. The van der Waals surface area contributed by atoms with Crippen LogP contribution in [0, 0.1) is 0 Å². The molecular formula is C19H16O6. The van der Waals surface area contributed by atoms with Crippen molar-refractivity contribution in [1.29, 1.82) is 0 Å². The van der Waals surface area contributed by atoms with E-state index in [0.29, 0.717) is 17.7 Å². The average molecular weight is 340 g/mol. The Hall–Kier alpha value is -3.15. The third-order valence-electron chi connectivity index (χ3n) is 3.71. The van der Waals surface area contributed by atoms with Gasteiger partial charge in [0.2, 0.25) is 6.10 Å². The lowest BCUT2D eigenvalue weighted by atomic mass is 10.0. The number of benzene rings is 2. The van der Waals surface area contributed by atoms with Crippen LogP contribution in [0.5, 0.6) is 5.75 Å². The highest BCUT2D eigenvalue weighted by Crippen LogP contribution is 2.23. The molecule has 128 valence electrons. The fraction of sp³-hybridized carbons (Fsp3) is 0.211. The summed E-state index contributed by atoms with van der Waals surface area (Å²) in [7, 11) is 0. The molecule has 6 nitrogen and oxygen atoms in total. The second-order valence-electron chi connectivity index (χ2n) is 5.55. The predicted octanol–water partition coefficient (Wildman–Crippen LogP) is 2.75. The quantitative estimate of drug-likeness (QED) is 0.629. The van der Waals surface area contributed by atoms with Gasteiger partial charge in [-0.15, -0.1) is 0 Å². The molecule has 3 rings (SSSR count). The van der Waals surface area contributed by atoms with E-state index in [-0.39, 0.29) is 12.6 Å². The maximum absolute atomic E-state index is 12.1. The Kier molecular flexibility index (Phi) is 4.79. The molecule has 1 aliphatic rings. The summed E-state index contributed by atoms with van der Waals surface area (Å²) < 4.78 is 14.9. The molecule has 1 saturated heterocycles. The fourth-order valence-corrected chi connectivity index (χ4v) is 2.46. The number of carbonyl (C=O) groups is 3. The van der Waals surface area contributed by atoms with Gasteiger partial charge < -0.3 is 14.2 Å². The van der Waals surface area contributed by atoms with Gasteiger partial charge in [-0.05, 0) is 35.4 Å². The predicted molar refractivity (Wildman–Crippen MR) is 88.0 cm³/mol. The number of hydrogen-bond donors (Lipinski definition) is 0. The van der Waals surface area contributed by atoms with Crippen molar-refractivity contribution in [2.75, 3.05) is 6.61 Å². The first-order chi connectivity index (χ1) is 12.0. The van der Waals surface area contributed by atoms with E-state index in [4.69, 9.17) is 14.2 Å². The molecule has 1 heterocycles. The Morgan fingerprint density at radius 2 is 1.60 bits per heavy atom. The van der Waals surface area contributed by atoms with Crippen molar-refractivity contribution in [3.63, 3.8) is 0 Å². The number of carbonyl (C=O) groups excluding carboxylic acids is 3. The van der Waals surface area contributed by atoms with Gasteiger partial charge in [-0.25, -0.2) is 9.59 Å². The number of hydrogen-bond acceptors (Lipinski definition) is 6. The van der Waals surface area contributed by atoms with Crippen molar-refractivity contribution in [3.8, 4) is 16.9 Å². The van der Waals surface area contributed by atoms with Crippen LogP contribution in [0.2, 0.25) is 0 Å². The van der Waals surface area contributed by atoms with E-state index in [1.54, 1.807) is 36.4 Å². The summed E-state index contributed by atoms with van der Waals surface area (Å²) in [5.74, 6) is -0.958. The lowest BCUT2D eigenvalue weighted by Gasteiger charge is -2.09. The summed E-state index contributed by atoms with van der Waals surface area (Å²) in [5.41, 5.74) is 2.17. The molecule has 0 aromatic heterocycles. The highest BCUT2D eigenvalue weighted by molar-refractivity contribution is 5.92. The van der Waals surface area contributed by atoms with Gasteiger partial charge in [0.1, 0.15) is 5.75 Å². The summed E-state index contributed by atoms with van der Waals surface area (Å²) >= 11 is 0. The number of esters is 3. The van der Waals surface area contributed by atoms with E-state index in [1.807, 2.05) is 12.1 Å². The lowest BCUT2D eigenvalue weighted by Crippen LogP contribution is -2.22. The first-order valence-electron chi connectivity index (χ1n) is 7.79. The lowest BCUT2D eigenvalue weighted by molar-refractivity contribution is -0.145. The van der Waals surface area contributed by atoms with Gasteiger partial charge in [0.15, 0.2) is 0 Å². The molecule has 1 aliphatic heterocycles. The summed E-state index contributed by atoms with van der Waals surface area (Å²) in [6, 6.07) is 13.9. The van der Waals surface area contributed by atoms with Crippen LogP contribution in [0.1, 0.15) is 23.7 Å². The van der Waals surface area contributed by atoms with Crippen molar-refractivity contribution < 1.29 is 28.6 Å². The molecule has 0 bridgehead atoms. The van der Waals surface area contributed by atoms with E-state index in [1.165, 1.54) is 6.92 Å². The largest absolute Gasteiger partial charge is 0.463 e. The summed E-state index contributed by atoms with van der Waals surface area (Å²) in [4.78, 5) is 34.3. The van der Waals surface area contributed by atoms with Gasteiger partial charge in [0.05, 0.1) is 12.2 Å². The minimum atomic E-state index is -0.819. The maximum Gasteiger partial charge on any atom is 0.347 e. The zero-order chi connectivity index (χ0) is 17.8. The molecule has 2 aromatic carbocycles. The highest BCUT2D eigenvalue weighted by atomic mass is 16.6. The number of cyclic esters (lactones) is 1. The number of rotatable bonds is 4. The second-order valence-corrected chi connectivity index (χ2v) is 5.55. The summed E-state index contributed by atoms with van der Waals surface area (Å²) in [5, 5.41) is 0. The molecule has 0 amide bonds. The fourth-order valence-electron chi connectivity index (χ4n) is 2.46. The van der Waals surface area contributed by atoms with Crippen molar-refractivity contribution in [2.45, 2.75) is 19.4 Å². The van der Waals surface area contributed by atoms with Gasteiger partial charge in [-0.1, -0.05) is 24.3 Å². The Bertz CT molecular complexity index is 792. The molecule has 0 unspecified atom stereocenters. The first-order valence-corrected chi connectivity index (χ1v) is 7.79. The van der Waals surface area contributed by atoms with Crippen LogP contribution in [0.4, 0.5) is 0 Å². The molecule has 25 heavy (non-hydrogen) atoms. The number of ether oxygens (including phenoxy) is 3. The second kappa shape index (κ2) is 7.17. The molecule has 0 spiro atoms. The first kappa shape index (κ1) is 16.7. The molecule has 0 saturated carbocycles. The van der Waals surface area contributed by atoms with Gasteiger partial charge in [0.25, 0.3) is 0 Å². The van der Waals surface area contributed by atoms with E-state index in [9.17, 15) is 14.4 Å². The zero-order valence-corrected chi connectivity index (χ0v) is 13.6. The molecular weight excluding hydrogens is 324 g/mol. The van der Waals surface area contributed by atoms with Gasteiger partial charge in [-0.2, -0.15) is 0 Å². The van der Waals surface area contributed by atoms with Gasteiger partial charge >= 0.3 is 17.9 Å². The van der Waals surface area contributed by atoms with Crippen LogP contribution in [0.15, 0.2) is 48.5 Å². The van der Waals surface area contributed by atoms with E-state index in [0.717, 1.165) is 11.1 Å². The van der Waals surface area contributed by atoms with Crippen LogP contribution in [0.3, 0.4) is 0 Å². The van der Waals surface area contributed by atoms with E-state index in [2.05, 4.69) is 0 Å². The van der Waals surface area contributed by atoms with Gasteiger partial charge in [0, 0.05) is 13.3 Å². The smallest absolute Gasteiger partial charge is 0.347 e. The molecule has 2 aromatic rings. The third-order valence-corrected chi connectivity index (χ3v) is 3.71. The Morgan fingerprint density at radius 3 is 2.12 bits per heavy atom. The molecule has 1 fully saturated rings. The van der Waals surface area contributed by atoms with Gasteiger partial charge in [-0.3, -0.25) is 4.79 Å². The molecule has 6 heteroatoms. The minimum Gasteiger partial charge on any atom is -0.463 e. The normalized spacial score (nSPS) is 16.2. The highest BCUT2D eigenvalue weighted by Gasteiger charge is 2.30. The maximum atomic E-state index is 12.1. The molecule has 1 atom stereocenters. The minimum absolute atomic E-state index is 0.277. The Balaban J connectivity index is 1.68. The van der Waals surface area contributed by atoms with Crippen molar-refractivity contribution in [3.05, 3.63) is 54.1 Å². The van der Waals surface area contributed by atoms with E-state index < -0.39 is 18.0 Å². The third kappa shape index (κ3) is 4.03. The van der Waals surface area contributed by atoms with Crippen molar-refractivity contribution >= 4 is 17.9 Å². The van der Waals surface area contributed by atoms with E-state index >= 15 is 0 Å². The van der Waals surface area contributed by atoms with Crippen LogP contribution in [0.25, 0.3) is 11.1 Å². The molecule has 0 aliphatic carbocycles. The standard InChI is InChI=1S/C19H16O6/c1-12(20)24-16-8-6-14(7-9-16)13-2-4-15(5-3-13)18(21)25-17-10-11-23-19(17)22/h2-9,17H,10-11H2,1H3/t17-/m1/s1. The average Bonchev–Trinajstić information content (AvgIpc) is 3.00. The monoisotopic (exact) mass is 340 g/mol. The van der Waals surface area contributed by atoms with Crippen molar-refractivity contribution in [1.82, 2.24) is 0 Å².